The van der Waals surface area contributed by atoms with E-state index in [1.54, 1.807) is 0 Å². The number of fused-ring (bicyclic) bond motifs is 2. The highest BCUT2D eigenvalue weighted by Crippen LogP contribution is 2.35. The lowest BCUT2D eigenvalue weighted by molar-refractivity contribution is 0.645. The number of hydrogen-bond acceptors (Lipinski definition) is 1. The molecular formula is C18H22BN. The van der Waals surface area contributed by atoms with E-state index in [9.17, 15) is 0 Å². The Morgan fingerprint density at radius 3 is 2.30 bits per heavy atom. The standard InChI is InChI=1S/C18H22BN/c1-12(2)19-15-10-6-5-8-13(15)18(3,4)14-9-7-11-16(20)17(14)19/h5-12H,20H2,1-4H3. The highest BCUT2D eigenvalue weighted by atomic mass is 14.6. The summed E-state index contributed by atoms with van der Waals surface area (Å²) in [6, 6.07) is 15.2. The van der Waals surface area contributed by atoms with Gasteiger partial charge in [0.05, 0.1) is 0 Å². The second kappa shape index (κ2) is 4.41. The van der Waals surface area contributed by atoms with Crippen LogP contribution in [0.15, 0.2) is 42.5 Å². The molecule has 0 saturated carbocycles. The molecule has 0 aliphatic carbocycles. The Kier molecular flexibility index (Phi) is 2.93. The smallest absolute Gasteiger partial charge is 0.215 e. The lowest BCUT2D eigenvalue weighted by Gasteiger charge is -2.40. The predicted octanol–water partition coefficient (Wildman–Crippen LogP) is 2.93. The summed E-state index contributed by atoms with van der Waals surface area (Å²) in [5.74, 6) is 0.538. The molecule has 0 saturated heterocycles. The van der Waals surface area contributed by atoms with E-state index < -0.39 is 0 Å². The summed E-state index contributed by atoms with van der Waals surface area (Å²) in [4.78, 5) is 0. The van der Waals surface area contributed by atoms with Gasteiger partial charge in [-0.1, -0.05) is 75.4 Å². The van der Waals surface area contributed by atoms with Crippen LogP contribution in [0, 0.1) is 0 Å². The molecule has 0 atom stereocenters. The minimum absolute atomic E-state index is 0.0205. The normalized spacial score (nSPS) is 15.9. The lowest BCUT2D eigenvalue weighted by atomic mass is 9.29. The van der Waals surface area contributed by atoms with Gasteiger partial charge in [0.2, 0.25) is 6.71 Å². The number of benzene rings is 2. The largest absolute Gasteiger partial charge is 0.399 e. The molecule has 102 valence electrons. The fourth-order valence-electron chi connectivity index (χ4n) is 3.81. The molecule has 0 amide bonds. The fourth-order valence-corrected chi connectivity index (χ4v) is 3.81. The molecule has 2 heteroatoms. The zero-order chi connectivity index (χ0) is 14.5. The van der Waals surface area contributed by atoms with E-state index in [0.29, 0.717) is 12.5 Å². The maximum Gasteiger partial charge on any atom is 0.215 e. The van der Waals surface area contributed by atoms with Gasteiger partial charge in [0, 0.05) is 11.1 Å². The van der Waals surface area contributed by atoms with Crippen molar-refractivity contribution in [3.63, 3.8) is 0 Å². The molecule has 2 aromatic rings. The summed E-state index contributed by atoms with van der Waals surface area (Å²) in [6.07, 6.45) is 0. The zero-order valence-electron chi connectivity index (χ0n) is 12.8. The molecule has 0 spiro atoms. The SMILES string of the molecule is CC(C)B1c2ccccc2C(C)(C)c2cccc(N)c21. The molecule has 20 heavy (non-hydrogen) atoms. The van der Waals surface area contributed by atoms with Crippen molar-refractivity contribution in [3.8, 4) is 0 Å². The first kappa shape index (κ1) is 13.3. The van der Waals surface area contributed by atoms with Crippen molar-refractivity contribution in [3.05, 3.63) is 53.6 Å². The highest BCUT2D eigenvalue weighted by molar-refractivity contribution is 6.88. The van der Waals surface area contributed by atoms with E-state index in [1.165, 1.54) is 22.1 Å². The second-order valence-electron chi connectivity index (χ2n) is 6.74. The average Bonchev–Trinajstić information content (AvgIpc) is 2.40. The van der Waals surface area contributed by atoms with Gasteiger partial charge in [-0.3, -0.25) is 0 Å². The van der Waals surface area contributed by atoms with Gasteiger partial charge < -0.3 is 5.73 Å². The second-order valence-corrected chi connectivity index (χ2v) is 6.74. The Morgan fingerprint density at radius 1 is 0.950 bits per heavy atom. The van der Waals surface area contributed by atoms with Gasteiger partial charge in [0.15, 0.2) is 0 Å². The molecule has 2 N–H and O–H groups in total. The Morgan fingerprint density at radius 2 is 1.60 bits per heavy atom. The van der Waals surface area contributed by atoms with Gasteiger partial charge in [-0.25, -0.2) is 0 Å². The van der Waals surface area contributed by atoms with E-state index in [0.717, 1.165) is 5.69 Å². The van der Waals surface area contributed by atoms with Gasteiger partial charge in [0.25, 0.3) is 0 Å². The van der Waals surface area contributed by atoms with Crippen LogP contribution in [-0.2, 0) is 5.41 Å². The quantitative estimate of drug-likeness (QED) is 0.621. The van der Waals surface area contributed by atoms with Crippen LogP contribution >= 0.6 is 0 Å². The number of nitrogen functional groups attached to an aromatic ring is 1. The summed E-state index contributed by atoms with van der Waals surface area (Å²) in [7, 11) is 0. The van der Waals surface area contributed by atoms with Crippen molar-refractivity contribution in [1.82, 2.24) is 0 Å². The first-order chi connectivity index (χ1) is 9.44. The van der Waals surface area contributed by atoms with Gasteiger partial charge in [-0.2, -0.15) is 0 Å². The van der Waals surface area contributed by atoms with E-state index in [2.05, 4.69) is 64.1 Å². The Bertz CT molecular complexity index is 658. The van der Waals surface area contributed by atoms with Gasteiger partial charge in [-0.15, -0.1) is 0 Å². The monoisotopic (exact) mass is 263 g/mol. The molecule has 1 heterocycles. The number of rotatable bonds is 1. The topological polar surface area (TPSA) is 26.0 Å². The number of anilines is 1. The van der Waals surface area contributed by atoms with Crippen LogP contribution < -0.4 is 16.7 Å². The molecule has 0 unspecified atom stereocenters. The minimum atomic E-state index is 0.0205. The highest BCUT2D eigenvalue weighted by Gasteiger charge is 2.40. The third kappa shape index (κ3) is 1.71. The Labute approximate surface area is 122 Å². The first-order valence-corrected chi connectivity index (χ1v) is 7.43. The zero-order valence-corrected chi connectivity index (χ0v) is 12.8. The maximum atomic E-state index is 6.35. The van der Waals surface area contributed by atoms with Crippen molar-refractivity contribution in [1.29, 1.82) is 0 Å². The third-order valence-corrected chi connectivity index (χ3v) is 4.76. The van der Waals surface area contributed by atoms with Crippen LogP contribution in [0.4, 0.5) is 5.69 Å². The molecule has 0 fully saturated rings. The summed E-state index contributed by atoms with van der Waals surface area (Å²) in [6.45, 7) is 9.59. The van der Waals surface area contributed by atoms with Crippen LogP contribution in [0.2, 0.25) is 5.82 Å². The lowest BCUT2D eigenvalue weighted by Crippen LogP contribution is -2.56. The fraction of sp³-hybridized carbons (Fsp3) is 0.333. The molecule has 1 nitrogen and oxygen atoms in total. The molecule has 0 aromatic heterocycles. The molecular weight excluding hydrogens is 241 g/mol. The molecule has 3 rings (SSSR count). The van der Waals surface area contributed by atoms with Crippen molar-refractivity contribution in [2.75, 3.05) is 5.73 Å². The first-order valence-electron chi connectivity index (χ1n) is 7.43. The van der Waals surface area contributed by atoms with Crippen LogP contribution in [0.5, 0.6) is 0 Å². The van der Waals surface area contributed by atoms with Crippen molar-refractivity contribution < 1.29 is 0 Å². The summed E-state index contributed by atoms with van der Waals surface area (Å²) < 4.78 is 0. The van der Waals surface area contributed by atoms with Crippen LogP contribution in [0.1, 0.15) is 38.8 Å². The maximum absolute atomic E-state index is 6.35. The minimum Gasteiger partial charge on any atom is -0.399 e. The Balaban J connectivity index is 2.38. The molecule has 0 bridgehead atoms. The van der Waals surface area contributed by atoms with Crippen LogP contribution in [0.3, 0.4) is 0 Å². The van der Waals surface area contributed by atoms with E-state index in [4.69, 9.17) is 5.73 Å². The summed E-state index contributed by atoms with van der Waals surface area (Å²) in [5, 5.41) is 0. The third-order valence-electron chi connectivity index (χ3n) is 4.76. The van der Waals surface area contributed by atoms with Crippen LogP contribution in [0.25, 0.3) is 0 Å². The summed E-state index contributed by atoms with van der Waals surface area (Å²) in [5.41, 5.74) is 12.9. The molecule has 1 aliphatic rings. The van der Waals surface area contributed by atoms with Gasteiger partial charge in [-0.05, 0) is 22.7 Å². The van der Waals surface area contributed by atoms with Gasteiger partial charge >= 0.3 is 0 Å². The molecule has 2 aromatic carbocycles. The van der Waals surface area contributed by atoms with Crippen molar-refractivity contribution >= 4 is 23.3 Å². The van der Waals surface area contributed by atoms with Crippen LogP contribution in [-0.4, -0.2) is 6.71 Å². The molecule has 0 radical (unpaired) electrons. The van der Waals surface area contributed by atoms with E-state index in [-0.39, 0.29) is 5.41 Å². The number of nitrogens with two attached hydrogens (primary N) is 1. The Hall–Kier alpha value is -1.70. The van der Waals surface area contributed by atoms with E-state index in [1.807, 2.05) is 6.07 Å². The molecule has 1 aliphatic heterocycles. The van der Waals surface area contributed by atoms with Gasteiger partial charge in [0.1, 0.15) is 0 Å². The average molecular weight is 263 g/mol. The van der Waals surface area contributed by atoms with Crippen molar-refractivity contribution in [2.24, 2.45) is 0 Å². The predicted molar refractivity (Wildman–Crippen MR) is 89.5 cm³/mol. The summed E-state index contributed by atoms with van der Waals surface area (Å²) >= 11 is 0. The number of hydrogen-bond donors (Lipinski definition) is 1. The van der Waals surface area contributed by atoms with E-state index >= 15 is 0 Å². The van der Waals surface area contributed by atoms with Crippen molar-refractivity contribution in [2.45, 2.75) is 38.9 Å².